The second kappa shape index (κ2) is 11.7. The van der Waals surface area contributed by atoms with E-state index in [1.54, 1.807) is 0 Å². The predicted molar refractivity (Wildman–Crippen MR) is 229 cm³/mol. The number of benzene rings is 5. The minimum atomic E-state index is -0.0503. The maximum absolute atomic E-state index is 6.14. The molecule has 5 aromatic carbocycles. The van der Waals surface area contributed by atoms with E-state index < -0.39 is 0 Å². The van der Waals surface area contributed by atoms with Gasteiger partial charge >= 0.3 is 0 Å². The van der Waals surface area contributed by atoms with Crippen LogP contribution in [0.3, 0.4) is 0 Å². The summed E-state index contributed by atoms with van der Waals surface area (Å²) in [6.45, 7) is 23.4. The standard InChI is InChI=1S/C47H47BN2O4S/c1-25(2)28-17-35-43-36(18-28)50(44-26(3)15-30(16-27(44)4)47(8,9)10)45-42(32-19-29(46(5,6)7)11-14-41(32)55-45)48(43)33-21-39-40(54-24-53-39)22-34(33)49(35)31-12-13-37-38(20-31)52-23-51-37/h11-22,25H,23-24H2,1-10H3. The molecule has 6 nitrogen and oxygen atoms in total. The van der Waals surface area contributed by atoms with Crippen molar-refractivity contribution < 1.29 is 18.9 Å². The fourth-order valence-electron chi connectivity index (χ4n) is 8.99. The summed E-state index contributed by atoms with van der Waals surface area (Å²) in [4.78, 5) is 5.03. The van der Waals surface area contributed by atoms with Gasteiger partial charge in [-0.15, -0.1) is 11.3 Å². The second-order valence-corrected chi connectivity index (χ2v) is 19.1. The Morgan fingerprint density at radius 1 is 0.618 bits per heavy atom. The van der Waals surface area contributed by atoms with Gasteiger partial charge in [0, 0.05) is 33.9 Å². The lowest BCUT2D eigenvalue weighted by Gasteiger charge is -2.44. The number of anilines is 6. The van der Waals surface area contributed by atoms with Gasteiger partial charge in [-0.3, -0.25) is 0 Å². The molecule has 4 aliphatic heterocycles. The van der Waals surface area contributed by atoms with E-state index in [9.17, 15) is 0 Å². The Morgan fingerprint density at radius 3 is 1.89 bits per heavy atom. The molecule has 5 heterocycles. The number of nitrogens with zero attached hydrogens (tertiary/aromatic N) is 2. The summed E-state index contributed by atoms with van der Waals surface area (Å²) in [5.74, 6) is 3.37. The van der Waals surface area contributed by atoms with Crippen LogP contribution in [0.15, 0.2) is 72.8 Å². The zero-order valence-corrected chi connectivity index (χ0v) is 34.2. The molecule has 0 fully saturated rings. The third-order valence-corrected chi connectivity index (χ3v) is 13.1. The Hall–Kier alpha value is -5.08. The van der Waals surface area contributed by atoms with Crippen molar-refractivity contribution in [3.63, 3.8) is 0 Å². The predicted octanol–water partition coefficient (Wildman–Crippen LogP) is 10.8. The lowest BCUT2D eigenvalue weighted by Crippen LogP contribution is -2.61. The van der Waals surface area contributed by atoms with Crippen molar-refractivity contribution in [3.05, 3.63) is 101 Å². The monoisotopic (exact) mass is 746 g/mol. The van der Waals surface area contributed by atoms with Gasteiger partial charge in [0.1, 0.15) is 0 Å². The summed E-state index contributed by atoms with van der Waals surface area (Å²) >= 11 is 1.91. The van der Waals surface area contributed by atoms with Crippen LogP contribution in [0.2, 0.25) is 0 Å². The number of hydrogen-bond acceptors (Lipinski definition) is 7. The van der Waals surface area contributed by atoms with Gasteiger partial charge in [0.05, 0.1) is 16.4 Å². The summed E-state index contributed by atoms with van der Waals surface area (Å²) < 4.78 is 25.3. The Bertz CT molecular complexity index is 2590. The first-order chi connectivity index (χ1) is 26.2. The molecule has 10 rings (SSSR count). The van der Waals surface area contributed by atoms with E-state index in [-0.39, 0.29) is 31.1 Å². The average Bonchev–Trinajstić information content (AvgIpc) is 3.88. The quantitative estimate of drug-likeness (QED) is 0.168. The zero-order chi connectivity index (χ0) is 38.3. The molecular weight excluding hydrogens is 699 g/mol. The van der Waals surface area contributed by atoms with Gasteiger partial charge in [0.25, 0.3) is 6.71 Å². The smallest absolute Gasteiger partial charge is 0.254 e. The molecule has 4 aliphatic rings. The number of ether oxygens (including phenoxy) is 4. The SMILES string of the molecule is Cc1cc(C(C)(C)C)cc(C)c1N1c2cc(C(C)C)cc3c2B(c2cc4c(cc2N3c2ccc3c(c2)OCO3)OCO4)c2c1sc1ccc(C(C)(C)C)cc21. The van der Waals surface area contributed by atoms with Crippen LogP contribution in [-0.2, 0) is 10.8 Å². The normalized spacial score (nSPS) is 15.2. The summed E-state index contributed by atoms with van der Waals surface area (Å²) in [5, 5.41) is 2.59. The Labute approximate surface area is 328 Å². The van der Waals surface area contributed by atoms with Crippen molar-refractivity contribution in [2.45, 2.75) is 86.0 Å². The van der Waals surface area contributed by atoms with E-state index in [1.807, 2.05) is 17.4 Å². The molecule has 0 radical (unpaired) electrons. The highest BCUT2D eigenvalue weighted by atomic mass is 32.1. The molecule has 0 saturated carbocycles. The van der Waals surface area contributed by atoms with Crippen LogP contribution in [0, 0.1) is 13.8 Å². The molecule has 0 N–H and O–H groups in total. The van der Waals surface area contributed by atoms with Gasteiger partial charge in [-0.05, 0) is 117 Å². The van der Waals surface area contributed by atoms with Crippen LogP contribution in [0.4, 0.5) is 33.4 Å². The first kappa shape index (κ1) is 34.4. The maximum Gasteiger partial charge on any atom is 0.254 e. The molecule has 0 saturated heterocycles. The van der Waals surface area contributed by atoms with E-state index >= 15 is 0 Å². The van der Waals surface area contributed by atoms with Gasteiger partial charge in [-0.2, -0.15) is 0 Å². The van der Waals surface area contributed by atoms with E-state index in [0.717, 1.165) is 34.4 Å². The molecule has 0 spiro atoms. The number of hydrogen-bond donors (Lipinski definition) is 0. The highest BCUT2D eigenvalue weighted by Gasteiger charge is 2.47. The van der Waals surface area contributed by atoms with Crippen LogP contribution in [0.1, 0.15) is 89.1 Å². The van der Waals surface area contributed by atoms with Crippen LogP contribution >= 0.6 is 11.3 Å². The van der Waals surface area contributed by atoms with Crippen molar-refractivity contribution in [2.24, 2.45) is 0 Å². The molecule has 278 valence electrons. The van der Waals surface area contributed by atoms with Crippen LogP contribution < -0.4 is 45.1 Å². The van der Waals surface area contributed by atoms with Gasteiger partial charge in [0.15, 0.2) is 23.0 Å². The molecule has 8 heteroatoms. The molecule has 6 aromatic rings. The fourth-order valence-corrected chi connectivity index (χ4v) is 10.2. The highest BCUT2D eigenvalue weighted by Crippen LogP contribution is 2.52. The first-order valence-electron chi connectivity index (χ1n) is 19.5. The minimum Gasteiger partial charge on any atom is -0.454 e. The van der Waals surface area contributed by atoms with Crippen LogP contribution in [-0.4, -0.2) is 20.3 Å². The third kappa shape index (κ3) is 5.13. The Kier molecular flexibility index (Phi) is 7.33. The van der Waals surface area contributed by atoms with E-state index in [2.05, 4.69) is 146 Å². The van der Waals surface area contributed by atoms with Crippen LogP contribution in [0.5, 0.6) is 23.0 Å². The number of fused-ring (bicyclic) bond motifs is 8. The first-order valence-corrected chi connectivity index (χ1v) is 20.3. The lowest BCUT2D eigenvalue weighted by molar-refractivity contribution is 0.173. The Balaban J connectivity index is 1.35. The largest absolute Gasteiger partial charge is 0.454 e. The zero-order valence-electron chi connectivity index (χ0n) is 33.4. The van der Waals surface area contributed by atoms with Crippen molar-refractivity contribution in [1.29, 1.82) is 0 Å². The summed E-state index contributed by atoms with van der Waals surface area (Å²) in [5.41, 5.74) is 16.1. The minimum absolute atomic E-state index is 0.00477. The number of rotatable bonds is 3. The fraction of sp³-hybridized carbons (Fsp3) is 0.319. The summed E-state index contributed by atoms with van der Waals surface area (Å²) in [7, 11) is 0. The lowest BCUT2D eigenvalue weighted by atomic mass is 9.33. The number of aryl methyl sites for hydroxylation is 2. The highest BCUT2D eigenvalue weighted by molar-refractivity contribution is 7.26. The van der Waals surface area contributed by atoms with Crippen molar-refractivity contribution >= 4 is 78.0 Å². The van der Waals surface area contributed by atoms with E-state index in [4.69, 9.17) is 18.9 Å². The van der Waals surface area contributed by atoms with Crippen LogP contribution in [0.25, 0.3) is 10.1 Å². The van der Waals surface area contributed by atoms with E-state index in [0.29, 0.717) is 5.92 Å². The van der Waals surface area contributed by atoms with Crippen molar-refractivity contribution in [3.8, 4) is 23.0 Å². The number of thiophene rings is 1. The van der Waals surface area contributed by atoms with Gasteiger partial charge in [-0.1, -0.05) is 79.7 Å². The second-order valence-electron chi connectivity index (χ2n) is 18.0. The summed E-state index contributed by atoms with van der Waals surface area (Å²) in [6.07, 6.45) is 0. The van der Waals surface area contributed by atoms with Crippen molar-refractivity contribution in [1.82, 2.24) is 0 Å². The van der Waals surface area contributed by atoms with Gasteiger partial charge in [0.2, 0.25) is 13.6 Å². The molecule has 0 bridgehead atoms. The third-order valence-electron chi connectivity index (χ3n) is 11.9. The maximum atomic E-state index is 6.14. The van der Waals surface area contributed by atoms with Gasteiger partial charge in [-0.25, -0.2) is 0 Å². The molecule has 0 aliphatic carbocycles. The van der Waals surface area contributed by atoms with Crippen molar-refractivity contribution in [2.75, 3.05) is 23.4 Å². The molecule has 1 aromatic heterocycles. The molecule has 55 heavy (non-hydrogen) atoms. The Morgan fingerprint density at radius 2 is 1.24 bits per heavy atom. The molecule has 0 amide bonds. The molecule has 0 unspecified atom stereocenters. The topological polar surface area (TPSA) is 43.4 Å². The van der Waals surface area contributed by atoms with E-state index in [1.165, 1.54) is 76.4 Å². The average molecular weight is 747 g/mol. The summed E-state index contributed by atoms with van der Waals surface area (Å²) in [6, 6.07) is 27.6. The molecular formula is C47H47BN2O4S. The molecule has 0 atom stereocenters. The van der Waals surface area contributed by atoms with Gasteiger partial charge < -0.3 is 28.7 Å².